The average Bonchev–Trinajstić information content (AvgIpc) is 2.82. The van der Waals surface area contributed by atoms with E-state index in [1.165, 1.54) is 0 Å². The summed E-state index contributed by atoms with van der Waals surface area (Å²) >= 11 is 0. The second-order valence-electron chi connectivity index (χ2n) is 10.9. The molecule has 2 aromatic carbocycles. The Hall–Kier alpha value is -3.35. The lowest BCUT2D eigenvalue weighted by Gasteiger charge is -2.36. The molecule has 37 heavy (non-hydrogen) atoms. The third-order valence-electron chi connectivity index (χ3n) is 5.95. The molecule has 0 spiro atoms. The Morgan fingerprint density at radius 1 is 1.00 bits per heavy atom. The Balaban J connectivity index is 2.47. The standard InChI is InChI=1S/C30H43N3O4/c1-9-17-33(28(35)25(20(2)3)32-29(36)37-30(6,7)8)26(24-18-21(4)15-16-22(24)5)27(34)31-19-23-13-11-10-12-14-23/h10-16,18,20,25-26H,9,17,19H2,1-8H3,(H,31,34)(H,32,36). The van der Waals surface area contributed by atoms with E-state index >= 15 is 0 Å². The van der Waals surface area contributed by atoms with Crippen molar-refractivity contribution in [2.24, 2.45) is 5.92 Å². The van der Waals surface area contributed by atoms with Gasteiger partial charge in [-0.25, -0.2) is 4.79 Å². The van der Waals surface area contributed by atoms with E-state index in [9.17, 15) is 14.4 Å². The molecule has 2 unspecified atom stereocenters. The Morgan fingerprint density at radius 3 is 2.22 bits per heavy atom. The second kappa shape index (κ2) is 13.3. The molecule has 0 aliphatic carbocycles. The predicted molar refractivity (Wildman–Crippen MR) is 147 cm³/mol. The van der Waals surface area contributed by atoms with Crippen molar-refractivity contribution in [3.8, 4) is 0 Å². The van der Waals surface area contributed by atoms with Gasteiger partial charge in [-0.05, 0) is 63.6 Å². The third kappa shape index (κ3) is 8.92. The Kier molecular flexibility index (Phi) is 10.7. The number of benzene rings is 2. The topological polar surface area (TPSA) is 87.7 Å². The lowest BCUT2D eigenvalue weighted by molar-refractivity contribution is -0.143. The van der Waals surface area contributed by atoms with Crippen LogP contribution in [0.5, 0.6) is 0 Å². The van der Waals surface area contributed by atoms with Crippen molar-refractivity contribution in [2.75, 3.05) is 6.54 Å². The number of aryl methyl sites for hydroxylation is 2. The van der Waals surface area contributed by atoms with Gasteiger partial charge >= 0.3 is 6.09 Å². The maximum absolute atomic E-state index is 14.0. The van der Waals surface area contributed by atoms with Gasteiger partial charge in [0, 0.05) is 13.1 Å². The molecule has 2 aromatic rings. The van der Waals surface area contributed by atoms with Crippen LogP contribution in [-0.2, 0) is 20.9 Å². The molecule has 0 saturated carbocycles. The summed E-state index contributed by atoms with van der Waals surface area (Å²) in [6.45, 7) is 15.6. The Bertz CT molecular complexity index is 1060. The first kappa shape index (κ1) is 29.9. The zero-order chi connectivity index (χ0) is 27.8. The molecule has 2 atom stereocenters. The molecule has 3 amide bonds. The second-order valence-corrected chi connectivity index (χ2v) is 10.9. The maximum Gasteiger partial charge on any atom is 0.408 e. The van der Waals surface area contributed by atoms with Crippen LogP contribution in [0.3, 0.4) is 0 Å². The van der Waals surface area contributed by atoms with E-state index in [1.54, 1.807) is 25.7 Å². The minimum Gasteiger partial charge on any atom is -0.444 e. The first-order valence-corrected chi connectivity index (χ1v) is 13.0. The van der Waals surface area contributed by atoms with Gasteiger partial charge in [0.15, 0.2) is 0 Å². The van der Waals surface area contributed by atoms with Crippen LogP contribution in [0.4, 0.5) is 4.79 Å². The minimum absolute atomic E-state index is 0.217. The molecule has 0 radical (unpaired) electrons. The van der Waals surface area contributed by atoms with Gasteiger partial charge in [0.2, 0.25) is 11.8 Å². The van der Waals surface area contributed by atoms with Crippen molar-refractivity contribution in [1.82, 2.24) is 15.5 Å². The summed E-state index contributed by atoms with van der Waals surface area (Å²) in [5.41, 5.74) is 2.96. The number of hydrogen-bond acceptors (Lipinski definition) is 4. The first-order valence-electron chi connectivity index (χ1n) is 13.0. The SMILES string of the molecule is CCCN(C(=O)C(NC(=O)OC(C)(C)C)C(C)C)C(C(=O)NCc1ccccc1)c1cc(C)ccc1C. The molecular formula is C30H43N3O4. The number of alkyl carbamates (subject to hydrolysis) is 1. The molecule has 0 saturated heterocycles. The summed E-state index contributed by atoms with van der Waals surface area (Å²) in [7, 11) is 0. The molecule has 0 fully saturated rings. The number of hydrogen-bond donors (Lipinski definition) is 2. The van der Waals surface area contributed by atoms with E-state index in [0.717, 1.165) is 22.3 Å². The Labute approximate surface area is 222 Å². The lowest BCUT2D eigenvalue weighted by Crippen LogP contribution is -2.55. The number of carbonyl (C=O) groups is 3. The summed E-state index contributed by atoms with van der Waals surface area (Å²) in [4.78, 5) is 42.0. The predicted octanol–water partition coefficient (Wildman–Crippen LogP) is 5.45. The van der Waals surface area contributed by atoms with Gasteiger partial charge in [-0.15, -0.1) is 0 Å². The van der Waals surface area contributed by atoms with Crippen LogP contribution in [0, 0.1) is 19.8 Å². The number of nitrogens with zero attached hydrogens (tertiary/aromatic N) is 1. The Morgan fingerprint density at radius 2 is 1.65 bits per heavy atom. The fourth-order valence-corrected chi connectivity index (χ4v) is 4.12. The van der Waals surface area contributed by atoms with Crippen molar-refractivity contribution in [3.63, 3.8) is 0 Å². The molecule has 202 valence electrons. The van der Waals surface area contributed by atoms with Gasteiger partial charge in [0.1, 0.15) is 17.7 Å². The van der Waals surface area contributed by atoms with Gasteiger partial charge in [0.05, 0.1) is 0 Å². The monoisotopic (exact) mass is 509 g/mol. The normalized spacial score (nSPS) is 13.0. The first-order chi connectivity index (χ1) is 17.3. The molecular weight excluding hydrogens is 466 g/mol. The summed E-state index contributed by atoms with van der Waals surface area (Å²) < 4.78 is 5.42. The summed E-state index contributed by atoms with van der Waals surface area (Å²) in [6.07, 6.45) is -0.0103. The molecule has 0 aliphatic rings. The van der Waals surface area contributed by atoms with Crippen LogP contribution in [-0.4, -0.2) is 41.0 Å². The van der Waals surface area contributed by atoms with Crippen LogP contribution >= 0.6 is 0 Å². The van der Waals surface area contributed by atoms with Gasteiger partial charge < -0.3 is 20.3 Å². The highest BCUT2D eigenvalue weighted by Gasteiger charge is 2.37. The lowest BCUT2D eigenvalue weighted by atomic mass is 9.94. The molecule has 7 nitrogen and oxygen atoms in total. The number of ether oxygens (including phenoxy) is 1. The van der Waals surface area contributed by atoms with E-state index in [4.69, 9.17) is 4.74 Å². The minimum atomic E-state index is -0.851. The highest BCUT2D eigenvalue weighted by molar-refractivity contribution is 5.92. The van der Waals surface area contributed by atoms with Crippen LogP contribution in [0.25, 0.3) is 0 Å². The van der Waals surface area contributed by atoms with Gasteiger partial charge in [-0.3, -0.25) is 9.59 Å². The highest BCUT2D eigenvalue weighted by atomic mass is 16.6. The fraction of sp³-hybridized carbons (Fsp3) is 0.500. The van der Waals surface area contributed by atoms with Crippen molar-refractivity contribution in [3.05, 3.63) is 70.8 Å². The average molecular weight is 510 g/mol. The molecule has 0 bridgehead atoms. The van der Waals surface area contributed by atoms with Crippen molar-refractivity contribution >= 4 is 17.9 Å². The van der Waals surface area contributed by atoms with Gasteiger partial charge in [-0.1, -0.05) is 74.9 Å². The van der Waals surface area contributed by atoms with E-state index in [0.29, 0.717) is 19.5 Å². The van der Waals surface area contributed by atoms with Gasteiger partial charge in [0.25, 0.3) is 0 Å². The van der Waals surface area contributed by atoms with E-state index < -0.39 is 23.8 Å². The summed E-state index contributed by atoms with van der Waals surface area (Å²) in [5.74, 6) is -0.798. The van der Waals surface area contributed by atoms with Crippen LogP contribution in [0.2, 0.25) is 0 Å². The summed E-state index contributed by atoms with van der Waals surface area (Å²) in [6, 6.07) is 13.9. The van der Waals surface area contributed by atoms with E-state index in [1.807, 2.05) is 83.1 Å². The number of nitrogens with one attached hydrogen (secondary N) is 2. The molecule has 0 aromatic heterocycles. The van der Waals surface area contributed by atoms with Crippen LogP contribution in [0.15, 0.2) is 48.5 Å². The smallest absolute Gasteiger partial charge is 0.408 e. The third-order valence-corrected chi connectivity index (χ3v) is 5.95. The van der Waals surface area contributed by atoms with Crippen molar-refractivity contribution in [1.29, 1.82) is 0 Å². The maximum atomic E-state index is 14.0. The molecule has 0 aliphatic heterocycles. The van der Waals surface area contributed by atoms with Gasteiger partial charge in [-0.2, -0.15) is 0 Å². The highest BCUT2D eigenvalue weighted by Crippen LogP contribution is 2.28. The quantitative estimate of drug-likeness (QED) is 0.446. The van der Waals surface area contributed by atoms with Crippen molar-refractivity contribution < 1.29 is 19.1 Å². The molecule has 2 N–H and O–H groups in total. The molecule has 7 heteroatoms. The number of rotatable bonds is 10. The zero-order valence-electron chi connectivity index (χ0n) is 23.6. The fourth-order valence-electron chi connectivity index (χ4n) is 4.12. The molecule has 0 heterocycles. The largest absolute Gasteiger partial charge is 0.444 e. The number of amides is 3. The van der Waals surface area contributed by atoms with Crippen LogP contribution in [0.1, 0.15) is 76.3 Å². The van der Waals surface area contributed by atoms with Crippen molar-refractivity contribution in [2.45, 2.75) is 86.0 Å². The van der Waals surface area contributed by atoms with E-state index in [-0.39, 0.29) is 17.7 Å². The zero-order valence-corrected chi connectivity index (χ0v) is 23.6. The molecule has 2 rings (SSSR count). The summed E-state index contributed by atoms with van der Waals surface area (Å²) in [5, 5.41) is 5.79. The van der Waals surface area contributed by atoms with E-state index in [2.05, 4.69) is 10.6 Å². The van der Waals surface area contributed by atoms with Crippen LogP contribution < -0.4 is 10.6 Å². The number of carbonyl (C=O) groups excluding carboxylic acids is 3.